The number of rotatable bonds is 5. The number of unbranched alkanes of at least 4 members (excludes halogenated alkanes) is 1. The highest BCUT2D eigenvalue weighted by molar-refractivity contribution is 7.19. The number of hydrogen-bond donors (Lipinski definition) is 0. The fourth-order valence-electron chi connectivity index (χ4n) is 3.38. The third kappa shape index (κ3) is 2.38. The van der Waals surface area contributed by atoms with Crippen LogP contribution in [-0.4, -0.2) is 43.5 Å². The van der Waals surface area contributed by atoms with E-state index in [1.807, 2.05) is 11.8 Å². The number of carbonyl (C=O) groups is 1. The van der Waals surface area contributed by atoms with Crippen LogP contribution in [0, 0.1) is 0 Å². The van der Waals surface area contributed by atoms with Crippen molar-refractivity contribution in [2.24, 2.45) is 0 Å². The van der Waals surface area contributed by atoms with Gasteiger partial charge >= 0.3 is 0 Å². The van der Waals surface area contributed by atoms with Crippen molar-refractivity contribution < 1.29 is 4.79 Å². The van der Waals surface area contributed by atoms with Gasteiger partial charge < -0.3 is 4.90 Å². The van der Waals surface area contributed by atoms with E-state index in [0.29, 0.717) is 6.54 Å². The molecule has 0 aliphatic heterocycles. The smallest absolute Gasteiger partial charge is 0.293 e. The van der Waals surface area contributed by atoms with Crippen molar-refractivity contribution in [3.05, 3.63) is 22.6 Å². The van der Waals surface area contributed by atoms with Gasteiger partial charge in [-0.25, -0.2) is 14.5 Å². The maximum absolute atomic E-state index is 12.7. The maximum Gasteiger partial charge on any atom is 0.293 e. The Bertz CT molecular complexity index is 913. The van der Waals surface area contributed by atoms with E-state index in [-0.39, 0.29) is 11.7 Å². The summed E-state index contributed by atoms with van der Waals surface area (Å²) in [5.41, 5.74) is 2.13. The summed E-state index contributed by atoms with van der Waals surface area (Å²) < 4.78 is 1.66. The molecule has 0 saturated heterocycles. The molecule has 1 aliphatic rings. The number of aromatic nitrogens is 4. The fraction of sp³-hybridized carbons (Fsp3) is 0.529. The molecular weight excluding hydrogens is 322 g/mol. The zero-order valence-electron chi connectivity index (χ0n) is 14.1. The van der Waals surface area contributed by atoms with Gasteiger partial charge in [-0.15, -0.1) is 16.4 Å². The fourth-order valence-corrected chi connectivity index (χ4v) is 4.60. The SMILES string of the molecule is CCCCN(CC)C(=O)c1nc2c3c4c(sc3ncn2n1)CCC4. The summed E-state index contributed by atoms with van der Waals surface area (Å²) >= 11 is 1.75. The lowest BCUT2D eigenvalue weighted by atomic mass is 10.2. The van der Waals surface area contributed by atoms with Crippen molar-refractivity contribution in [3.63, 3.8) is 0 Å². The van der Waals surface area contributed by atoms with Crippen molar-refractivity contribution in [1.82, 2.24) is 24.5 Å². The number of thiophene rings is 1. The van der Waals surface area contributed by atoms with Gasteiger partial charge in [-0.05, 0) is 38.2 Å². The van der Waals surface area contributed by atoms with E-state index in [1.54, 1.807) is 22.2 Å². The molecule has 3 aromatic rings. The quantitative estimate of drug-likeness (QED) is 0.714. The molecule has 0 unspecified atom stereocenters. The Hall–Kier alpha value is -2.02. The highest BCUT2D eigenvalue weighted by Gasteiger charge is 2.24. The maximum atomic E-state index is 12.7. The first-order valence-corrected chi connectivity index (χ1v) is 9.49. The topological polar surface area (TPSA) is 63.4 Å². The predicted molar refractivity (Wildman–Crippen MR) is 94.7 cm³/mol. The van der Waals surface area contributed by atoms with Crippen molar-refractivity contribution in [3.8, 4) is 0 Å². The molecule has 1 amide bonds. The summed E-state index contributed by atoms with van der Waals surface area (Å²) in [7, 11) is 0. The van der Waals surface area contributed by atoms with Gasteiger partial charge in [0.25, 0.3) is 5.91 Å². The Labute approximate surface area is 144 Å². The van der Waals surface area contributed by atoms with Gasteiger partial charge in [0.1, 0.15) is 11.2 Å². The molecule has 6 nitrogen and oxygen atoms in total. The molecule has 0 saturated carbocycles. The molecule has 3 aromatic heterocycles. The standard InChI is InChI=1S/C17H21N5OS/c1-3-5-9-21(4-2)17(23)14-19-15-13-11-7-6-8-12(11)24-16(13)18-10-22(15)20-14/h10H,3-9H2,1-2H3. The molecule has 3 heterocycles. The largest absolute Gasteiger partial charge is 0.336 e. The van der Waals surface area contributed by atoms with E-state index in [4.69, 9.17) is 0 Å². The number of fused-ring (bicyclic) bond motifs is 5. The van der Waals surface area contributed by atoms with Gasteiger partial charge in [-0.2, -0.15) is 0 Å². The van der Waals surface area contributed by atoms with Crippen molar-refractivity contribution in [1.29, 1.82) is 0 Å². The Morgan fingerprint density at radius 2 is 2.25 bits per heavy atom. The zero-order chi connectivity index (χ0) is 16.7. The summed E-state index contributed by atoms with van der Waals surface area (Å²) in [6.45, 7) is 5.55. The normalized spacial score (nSPS) is 13.8. The van der Waals surface area contributed by atoms with E-state index < -0.39 is 0 Å². The average molecular weight is 343 g/mol. The lowest BCUT2D eigenvalue weighted by molar-refractivity contribution is 0.0750. The van der Waals surface area contributed by atoms with Crippen LogP contribution in [0.2, 0.25) is 0 Å². The Kier molecular flexibility index (Phi) is 3.96. The van der Waals surface area contributed by atoms with Gasteiger partial charge in [0.15, 0.2) is 5.65 Å². The summed E-state index contributed by atoms with van der Waals surface area (Å²) in [4.78, 5) is 26.1. The van der Waals surface area contributed by atoms with Crippen LogP contribution in [0.15, 0.2) is 6.33 Å². The minimum atomic E-state index is -0.0883. The van der Waals surface area contributed by atoms with Crippen LogP contribution in [-0.2, 0) is 12.8 Å². The second-order valence-corrected chi connectivity index (χ2v) is 7.31. The van der Waals surface area contributed by atoms with Crippen LogP contribution in [0.1, 0.15) is 54.2 Å². The number of amides is 1. The minimum absolute atomic E-state index is 0.0883. The third-order valence-electron chi connectivity index (χ3n) is 4.68. The van der Waals surface area contributed by atoms with Gasteiger partial charge in [0, 0.05) is 18.0 Å². The van der Waals surface area contributed by atoms with Gasteiger partial charge in [0.2, 0.25) is 5.82 Å². The molecule has 1 aliphatic carbocycles. The first-order valence-electron chi connectivity index (χ1n) is 8.67. The molecule has 0 bridgehead atoms. The van der Waals surface area contributed by atoms with Gasteiger partial charge in [-0.1, -0.05) is 13.3 Å². The van der Waals surface area contributed by atoms with Crippen molar-refractivity contribution in [2.45, 2.75) is 46.0 Å². The van der Waals surface area contributed by atoms with E-state index in [2.05, 4.69) is 22.0 Å². The number of aryl methyl sites for hydroxylation is 2. The van der Waals surface area contributed by atoms with E-state index in [9.17, 15) is 4.79 Å². The molecule has 0 fully saturated rings. The molecule has 0 spiro atoms. The minimum Gasteiger partial charge on any atom is -0.336 e. The van der Waals surface area contributed by atoms with Crippen LogP contribution in [0.25, 0.3) is 15.9 Å². The van der Waals surface area contributed by atoms with E-state index in [1.165, 1.54) is 16.9 Å². The summed E-state index contributed by atoms with van der Waals surface area (Å²) in [6, 6.07) is 0. The number of nitrogens with zero attached hydrogens (tertiary/aromatic N) is 5. The van der Waals surface area contributed by atoms with E-state index >= 15 is 0 Å². The molecule has 126 valence electrons. The lowest BCUT2D eigenvalue weighted by Gasteiger charge is -2.18. The Morgan fingerprint density at radius 3 is 3.04 bits per heavy atom. The number of carbonyl (C=O) groups excluding carboxylic acids is 1. The second kappa shape index (κ2) is 6.12. The van der Waals surface area contributed by atoms with Gasteiger partial charge in [0.05, 0.1) is 5.39 Å². The second-order valence-electron chi connectivity index (χ2n) is 6.22. The molecule has 0 radical (unpaired) electrons. The zero-order valence-corrected chi connectivity index (χ0v) is 14.9. The molecular formula is C17H21N5OS. The highest BCUT2D eigenvalue weighted by atomic mass is 32.1. The number of hydrogen-bond acceptors (Lipinski definition) is 5. The summed E-state index contributed by atoms with van der Waals surface area (Å²) in [5, 5.41) is 5.50. The van der Waals surface area contributed by atoms with Crippen LogP contribution in [0.3, 0.4) is 0 Å². The highest BCUT2D eigenvalue weighted by Crippen LogP contribution is 2.37. The molecule has 4 rings (SSSR count). The van der Waals surface area contributed by atoms with Crippen molar-refractivity contribution >= 4 is 33.1 Å². The van der Waals surface area contributed by atoms with Crippen LogP contribution >= 0.6 is 11.3 Å². The third-order valence-corrected chi connectivity index (χ3v) is 5.88. The first-order chi connectivity index (χ1) is 11.7. The van der Waals surface area contributed by atoms with Crippen LogP contribution in [0.5, 0.6) is 0 Å². The van der Waals surface area contributed by atoms with E-state index in [0.717, 1.165) is 48.1 Å². The molecule has 24 heavy (non-hydrogen) atoms. The Morgan fingerprint density at radius 1 is 1.38 bits per heavy atom. The molecule has 0 N–H and O–H groups in total. The molecule has 0 atom stereocenters. The Balaban J connectivity index is 1.78. The lowest BCUT2D eigenvalue weighted by Crippen LogP contribution is -2.32. The predicted octanol–water partition coefficient (Wildman–Crippen LogP) is 3.09. The van der Waals surface area contributed by atoms with Crippen LogP contribution in [0.4, 0.5) is 0 Å². The monoisotopic (exact) mass is 343 g/mol. The van der Waals surface area contributed by atoms with Crippen molar-refractivity contribution in [2.75, 3.05) is 13.1 Å². The van der Waals surface area contributed by atoms with Gasteiger partial charge in [-0.3, -0.25) is 4.79 Å². The molecule has 0 aromatic carbocycles. The van der Waals surface area contributed by atoms with Crippen LogP contribution < -0.4 is 0 Å². The first kappa shape index (κ1) is 15.5. The molecule has 7 heteroatoms. The summed E-state index contributed by atoms with van der Waals surface area (Å²) in [6.07, 6.45) is 7.13. The average Bonchev–Trinajstić information content (AvgIpc) is 3.27. The summed E-state index contributed by atoms with van der Waals surface area (Å²) in [5.74, 6) is 0.190.